The van der Waals surface area contributed by atoms with E-state index in [-0.39, 0.29) is 5.56 Å². The minimum absolute atomic E-state index is 0.0447. The molecule has 0 aliphatic rings. The lowest BCUT2D eigenvalue weighted by Crippen LogP contribution is -2.20. The molecule has 2 aromatic carbocycles. The highest BCUT2D eigenvalue weighted by molar-refractivity contribution is 5.99. The van der Waals surface area contributed by atoms with Gasteiger partial charge in [0.1, 0.15) is 11.6 Å². The van der Waals surface area contributed by atoms with Crippen molar-refractivity contribution in [3.05, 3.63) is 77.5 Å². The normalized spacial score (nSPS) is 10.7. The fourth-order valence-corrected chi connectivity index (χ4v) is 3.42. The van der Waals surface area contributed by atoms with Gasteiger partial charge in [0.15, 0.2) is 0 Å². The topological polar surface area (TPSA) is 98.1 Å². The van der Waals surface area contributed by atoms with Gasteiger partial charge in [0.05, 0.1) is 24.3 Å². The van der Waals surface area contributed by atoms with Crippen molar-refractivity contribution in [2.45, 2.75) is 26.3 Å². The Morgan fingerprint density at radius 1 is 1.00 bits per heavy atom. The van der Waals surface area contributed by atoms with Gasteiger partial charge in [-0.2, -0.15) is 0 Å². The number of ether oxygens (including phenoxy) is 1. The van der Waals surface area contributed by atoms with Gasteiger partial charge < -0.3 is 10.1 Å². The quantitative estimate of drug-likeness (QED) is 0.423. The number of rotatable bonds is 7. The number of carbonyl (C=O) groups excluding carboxylic acids is 1. The number of fused-ring (bicyclic) bond motifs is 1. The molecule has 0 saturated carbocycles. The van der Waals surface area contributed by atoms with Crippen LogP contribution in [0, 0.1) is 0 Å². The highest BCUT2D eigenvalue weighted by atomic mass is 16.5. The smallest absolute Gasteiger partial charge is 0.324 e. The Morgan fingerprint density at radius 2 is 1.79 bits per heavy atom. The number of unbranched alkanes of at least 4 members (excludes halogenated alkanes) is 1. The zero-order valence-corrected chi connectivity index (χ0v) is 18.5. The summed E-state index contributed by atoms with van der Waals surface area (Å²) in [5, 5.41) is 6.03. The van der Waals surface area contributed by atoms with Gasteiger partial charge in [-0.25, -0.2) is 14.8 Å². The minimum atomic E-state index is -0.398. The molecule has 2 N–H and O–H groups in total. The standard InChI is InChI=1S/C25H25N5O3/c1-3-4-13-30-16-27-22-11-5-17(14-21(22)24(30)31)18-6-12-23(26-15-18)29-25(32)28-19-7-9-20(33-2)10-8-19/h5-12,14-16H,3-4,13H2,1-2H3,(H2,26,28,29,32). The number of anilines is 2. The first-order valence-corrected chi connectivity index (χ1v) is 10.7. The van der Waals surface area contributed by atoms with Crippen molar-refractivity contribution in [3.8, 4) is 16.9 Å². The average Bonchev–Trinajstić information content (AvgIpc) is 2.84. The molecule has 0 fully saturated rings. The lowest BCUT2D eigenvalue weighted by Gasteiger charge is -2.09. The van der Waals surface area contributed by atoms with E-state index < -0.39 is 6.03 Å². The van der Waals surface area contributed by atoms with Gasteiger partial charge in [-0.3, -0.25) is 14.7 Å². The minimum Gasteiger partial charge on any atom is -0.497 e. The molecule has 0 aliphatic carbocycles. The highest BCUT2D eigenvalue weighted by Crippen LogP contribution is 2.23. The third-order valence-electron chi connectivity index (χ3n) is 5.26. The molecular formula is C25H25N5O3. The maximum absolute atomic E-state index is 12.8. The van der Waals surface area contributed by atoms with Crippen LogP contribution in [0.3, 0.4) is 0 Å². The van der Waals surface area contributed by atoms with E-state index in [4.69, 9.17) is 4.74 Å². The van der Waals surface area contributed by atoms with Crippen LogP contribution in [-0.4, -0.2) is 27.7 Å². The summed E-state index contributed by atoms with van der Waals surface area (Å²) < 4.78 is 6.76. The number of hydrogen-bond donors (Lipinski definition) is 2. The van der Waals surface area contributed by atoms with Crippen LogP contribution in [0.25, 0.3) is 22.0 Å². The highest BCUT2D eigenvalue weighted by Gasteiger charge is 2.08. The van der Waals surface area contributed by atoms with Gasteiger partial charge in [-0.1, -0.05) is 19.4 Å². The molecule has 2 aromatic heterocycles. The summed E-state index contributed by atoms with van der Waals surface area (Å²) in [6.07, 6.45) is 5.21. The van der Waals surface area contributed by atoms with Crippen LogP contribution in [0.5, 0.6) is 5.75 Å². The van der Waals surface area contributed by atoms with E-state index in [9.17, 15) is 9.59 Å². The molecule has 33 heavy (non-hydrogen) atoms. The second-order valence-electron chi connectivity index (χ2n) is 7.57. The molecule has 8 nitrogen and oxygen atoms in total. The van der Waals surface area contributed by atoms with Crippen molar-refractivity contribution in [3.63, 3.8) is 0 Å². The van der Waals surface area contributed by atoms with Gasteiger partial charge in [-0.15, -0.1) is 0 Å². The Morgan fingerprint density at radius 3 is 2.48 bits per heavy atom. The Labute approximate surface area is 191 Å². The van der Waals surface area contributed by atoms with Crippen molar-refractivity contribution in [2.24, 2.45) is 0 Å². The Bertz CT molecular complexity index is 1310. The summed E-state index contributed by atoms with van der Waals surface area (Å²) in [7, 11) is 1.59. The van der Waals surface area contributed by atoms with E-state index in [2.05, 4.69) is 27.5 Å². The molecule has 0 bridgehead atoms. The molecule has 2 heterocycles. The zero-order valence-electron chi connectivity index (χ0n) is 18.5. The summed E-state index contributed by atoms with van der Waals surface area (Å²) in [5.74, 6) is 1.12. The predicted octanol–water partition coefficient (Wildman–Crippen LogP) is 4.91. The van der Waals surface area contributed by atoms with E-state index in [0.717, 1.165) is 24.0 Å². The monoisotopic (exact) mass is 443 g/mol. The molecule has 2 amide bonds. The van der Waals surface area contributed by atoms with E-state index in [0.29, 0.717) is 34.7 Å². The summed E-state index contributed by atoms with van der Waals surface area (Å²) >= 11 is 0. The number of urea groups is 1. The van der Waals surface area contributed by atoms with Gasteiger partial charge in [-0.05, 0) is 60.5 Å². The maximum Gasteiger partial charge on any atom is 0.324 e. The number of benzene rings is 2. The first kappa shape index (κ1) is 22.0. The first-order valence-electron chi connectivity index (χ1n) is 10.7. The van der Waals surface area contributed by atoms with Gasteiger partial charge in [0.2, 0.25) is 0 Å². The zero-order chi connectivity index (χ0) is 23.2. The molecule has 0 radical (unpaired) electrons. The van der Waals surface area contributed by atoms with Crippen LogP contribution in [-0.2, 0) is 6.54 Å². The number of carbonyl (C=O) groups is 1. The third kappa shape index (κ3) is 5.17. The molecule has 168 valence electrons. The number of nitrogens with zero attached hydrogens (tertiary/aromatic N) is 3. The van der Waals surface area contributed by atoms with Crippen LogP contribution in [0.15, 0.2) is 71.9 Å². The van der Waals surface area contributed by atoms with E-state index in [1.54, 1.807) is 54.5 Å². The fraction of sp³-hybridized carbons (Fsp3) is 0.200. The number of hydrogen-bond acceptors (Lipinski definition) is 5. The van der Waals surface area contributed by atoms with E-state index in [1.807, 2.05) is 24.3 Å². The maximum atomic E-state index is 12.8. The Kier molecular flexibility index (Phi) is 6.64. The average molecular weight is 444 g/mol. The van der Waals surface area contributed by atoms with Gasteiger partial charge >= 0.3 is 6.03 Å². The van der Waals surface area contributed by atoms with Crippen molar-refractivity contribution in [2.75, 3.05) is 17.7 Å². The number of nitrogens with one attached hydrogen (secondary N) is 2. The van der Waals surface area contributed by atoms with Crippen LogP contribution >= 0.6 is 0 Å². The molecule has 4 aromatic rings. The molecule has 0 unspecified atom stereocenters. The number of pyridine rings is 1. The molecule has 0 saturated heterocycles. The Hall–Kier alpha value is -4.20. The van der Waals surface area contributed by atoms with Gasteiger partial charge in [0, 0.05) is 24.0 Å². The summed E-state index contributed by atoms with van der Waals surface area (Å²) in [4.78, 5) is 33.8. The molecule has 0 aliphatic heterocycles. The summed E-state index contributed by atoms with van der Waals surface area (Å²) in [5.41, 5.74) is 2.95. The van der Waals surface area contributed by atoms with E-state index >= 15 is 0 Å². The number of methoxy groups -OCH3 is 1. The molecule has 8 heteroatoms. The van der Waals surface area contributed by atoms with Crippen LogP contribution in [0.1, 0.15) is 19.8 Å². The van der Waals surface area contributed by atoms with Crippen LogP contribution in [0.4, 0.5) is 16.3 Å². The number of amides is 2. The van der Waals surface area contributed by atoms with Crippen LogP contribution < -0.4 is 20.9 Å². The Balaban J connectivity index is 1.48. The fourth-order valence-electron chi connectivity index (χ4n) is 3.42. The van der Waals surface area contributed by atoms with E-state index in [1.165, 1.54) is 0 Å². The SMILES string of the molecule is CCCCn1cnc2ccc(-c3ccc(NC(=O)Nc4ccc(OC)cc4)nc3)cc2c1=O. The van der Waals surface area contributed by atoms with Crippen molar-refractivity contribution < 1.29 is 9.53 Å². The number of aromatic nitrogens is 3. The second kappa shape index (κ2) is 9.95. The van der Waals surface area contributed by atoms with Crippen molar-refractivity contribution in [1.29, 1.82) is 0 Å². The lowest BCUT2D eigenvalue weighted by atomic mass is 10.1. The summed E-state index contributed by atoms with van der Waals surface area (Å²) in [6, 6.07) is 15.8. The molecule has 4 rings (SSSR count). The predicted molar refractivity (Wildman–Crippen MR) is 130 cm³/mol. The molecular weight excluding hydrogens is 418 g/mol. The van der Waals surface area contributed by atoms with Crippen molar-refractivity contribution >= 4 is 28.4 Å². The third-order valence-corrected chi connectivity index (χ3v) is 5.26. The molecule has 0 spiro atoms. The number of aryl methyl sites for hydroxylation is 1. The largest absolute Gasteiger partial charge is 0.497 e. The van der Waals surface area contributed by atoms with Crippen molar-refractivity contribution in [1.82, 2.24) is 14.5 Å². The van der Waals surface area contributed by atoms with Crippen LogP contribution in [0.2, 0.25) is 0 Å². The lowest BCUT2D eigenvalue weighted by molar-refractivity contribution is 0.262. The molecule has 0 atom stereocenters. The summed E-state index contributed by atoms with van der Waals surface area (Å²) in [6.45, 7) is 2.74. The van der Waals surface area contributed by atoms with Gasteiger partial charge in [0.25, 0.3) is 5.56 Å². The first-order chi connectivity index (χ1) is 16.1. The second-order valence-corrected chi connectivity index (χ2v) is 7.57.